The first-order valence-electron chi connectivity index (χ1n) is 9.60. The maximum atomic E-state index is 13.6. The molecule has 2 atom stereocenters. The zero-order valence-electron chi connectivity index (χ0n) is 16.3. The van der Waals surface area contributed by atoms with E-state index < -0.39 is 5.60 Å². The molecular weight excluding hydrogens is 379 g/mol. The molecule has 3 N–H and O–H groups in total. The van der Waals surface area contributed by atoms with Gasteiger partial charge in [-0.25, -0.2) is 4.39 Å². The first-order chi connectivity index (χ1) is 14.4. The molecular formula is C24H20FN4O+. The topological polar surface area (TPSA) is 71.0 Å². The number of halogens is 1. The van der Waals surface area contributed by atoms with Gasteiger partial charge in [-0.05, 0) is 42.3 Å². The van der Waals surface area contributed by atoms with E-state index >= 15 is 0 Å². The lowest BCUT2D eigenvalue weighted by Crippen LogP contribution is -2.53. The smallest absolute Gasteiger partial charge is 0.265 e. The summed E-state index contributed by atoms with van der Waals surface area (Å²) < 4.78 is 13.6. The monoisotopic (exact) mass is 399 g/mol. The third-order valence-corrected chi connectivity index (χ3v) is 5.71. The van der Waals surface area contributed by atoms with Gasteiger partial charge in [0.1, 0.15) is 23.3 Å². The number of fused-ring (bicyclic) bond motifs is 1. The van der Waals surface area contributed by atoms with E-state index in [0.717, 1.165) is 22.5 Å². The summed E-state index contributed by atoms with van der Waals surface area (Å²) in [6.07, 6.45) is 11.1. The number of allylic oxidation sites excluding steroid dienone is 4. The van der Waals surface area contributed by atoms with Crippen LogP contribution in [0.5, 0.6) is 0 Å². The number of nitrogens with zero attached hydrogens (tertiary/aromatic N) is 3. The van der Waals surface area contributed by atoms with Crippen molar-refractivity contribution >= 4 is 12.1 Å². The number of hydrogen-bond acceptors (Lipinski definition) is 4. The summed E-state index contributed by atoms with van der Waals surface area (Å²) in [5.41, 5.74) is 3.25. The van der Waals surface area contributed by atoms with Crippen molar-refractivity contribution in [1.29, 1.82) is 0 Å². The van der Waals surface area contributed by atoms with Gasteiger partial charge in [0.25, 0.3) is 5.84 Å². The van der Waals surface area contributed by atoms with Gasteiger partial charge < -0.3 is 5.11 Å². The molecule has 0 radical (unpaired) electrons. The molecule has 0 amide bonds. The van der Waals surface area contributed by atoms with Crippen molar-refractivity contribution < 1.29 is 14.1 Å². The number of quaternary nitrogens is 1. The molecule has 0 fully saturated rings. The van der Waals surface area contributed by atoms with Crippen LogP contribution in [0.1, 0.15) is 23.6 Å². The van der Waals surface area contributed by atoms with E-state index in [4.69, 9.17) is 10.8 Å². The van der Waals surface area contributed by atoms with Crippen LogP contribution < -0.4 is 5.84 Å². The number of nitrogens with two attached hydrogens (primary N) is 1. The van der Waals surface area contributed by atoms with Gasteiger partial charge in [0.05, 0.1) is 18.0 Å². The number of aliphatic imine (C=N–C) groups is 2. The van der Waals surface area contributed by atoms with E-state index in [1.54, 1.807) is 37.7 Å². The molecule has 2 aromatic carbocycles. The normalized spacial score (nSPS) is 23.6. The van der Waals surface area contributed by atoms with Gasteiger partial charge >= 0.3 is 0 Å². The minimum absolute atomic E-state index is 0.0658. The van der Waals surface area contributed by atoms with Gasteiger partial charge in [-0.1, -0.05) is 42.5 Å². The summed E-state index contributed by atoms with van der Waals surface area (Å²) in [5, 5.41) is 11.1. The second-order valence-corrected chi connectivity index (χ2v) is 7.66. The van der Waals surface area contributed by atoms with Crippen LogP contribution in [0, 0.1) is 5.82 Å². The maximum Gasteiger partial charge on any atom is 0.265 e. The Morgan fingerprint density at radius 3 is 2.53 bits per heavy atom. The molecule has 2 aliphatic heterocycles. The molecule has 30 heavy (non-hydrogen) atoms. The van der Waals surface area contributed by atoms with Crippen molar-refractivity contribution in [1.82, 2.24) is 0 Å². The molecule has 6 heteroatoms. The quantitative estimate of drug-likeness (QED) is 0.607. The van der Waals surface area contributed by atoms with Gasteiger partial charge in [-0.2, -0.15) is 10.8 Å². The molecule has 0 spiro atoms. The summed E-state index contributed by atoms with van der Waals surface area (Å²) in [5.74, 6) is 6.99. The van der Waals surface area contributed by atoms with Crippen molar-refractivity contribution in [2.24, 2.45) is 15.8 Å². The number of benzene rings is 2. The summed E-state index contributed by atoms with van der Waals surface area (Å²) in [4.78, 5) is 9.05. The fourth-order valence-electron chi connectivity index (χ4n) is 3.84. The number of aliphatic hydroxyl groups is 1. The van der Waals surface area contributed by atoms with Gasteiger partial charge in [-0.3, -0.25) is 4.99 Å². The molecule has 2 aromatic rings. The predicted molar refractivity (Wildman–Crippen MR) is 114 cm³/mol. The van der Waals surface area contributed by atoms with Crippen LogP contribution in [-0.4, -0.2) is 21.7 Å². The second kappa shape index (κ2) is 6.53. The molecule has 2 unspecified atom stereocenters. The molecule has 5 nitrogen and oxygen atoms in total. The van der Waals surface area contributed by atoms with Crippen LogP contribution in [0.4, 0.5) is 4.39 Å². The average molecular weight is 399 g/mol. The summed E-state index contributed by atoms with van der Waals surface area (Å²) in [7, 11) is 0. The van der Waals surface area contributed by atoms with Crippen molar-refractivity contribution in [3.63, 3.8) is 0 Å². The Kier molecular flexibility index (Phi) is 4.04. The largest absolute Gasteiger partial charge is 0.381 e. The van der Waals surface area contributed by atoms with E-state index in [2.05, 4.69) is 4.99 Å². The lowest BCUT2D eigenvalue weighted by atomic mass is 9.87. The van der Waals surface area contributed by atoms with E-state index in [1.807, 2.05) is 42.5 Å². The lowest BCUT2D eigenvalue weighted by molar-refractivity contribution is -0.750. The second-order valence-electron chi connectivity index (χ2n) is 7.66. The Hall–Kier alpha value is -3.45. The molecule has 0 saturated heterocycles. The molecule has 1 aliphatic carbocycles. The minimum Gasteiger partial charge on any atom is -0.381 e. The van der Waals surface area contributed by atoms with E-state index in [9.17, 15) is 9.50 Å². The van der Waals surface area contributed by atoms with Gasteiger partial charge in [-0.15, -0.1) is 4.59 Å². The lowest BCUT2D eigenvalue weighted by Gasteiger charge is -2.27. The Bertz CT molecular complexity index is 1230. The van der Waals surface area contributed by atoms with Gasteiger partial charge in [0, 0.05) is 5.57 Å². The zero-order chi connectivity index (χ0) is 20.9. The molecule has 0 saturated carbocycles. The van der Waals surface area contributed by atoms with Crippen LogP contribution in [0.15, 0.2) is 106 Å². The molecule has 5 rings (SSSR count). The van der Waals surface area contributed by atoms with Crippen molar-refractivity contribution in [2.45, 2.75) is 12.5 Å². The van der Waals surface area contributed by atoms with E-state index in [-0.39, 0.29) is 10.4 Å². The maximum absolute atomic E-state index is 13.6. The number of rotatable bonds is 4. The van der Waals surface area contributed by atoms with Crippen molar-refractivity contribution in [3.05, 3.63) is 119 Å². The first-order valence-corrected chi connectivity index (χ1v) is 9.60. The minimum atomic E-state index is -1.33. The molecule has 148 valence electrons. The van der Waals surface area contributed by atoms with Crippen LogP contribution >= 0.6 is 0 Å². The summed E-state index contributed by atoms with van der Waals surface area (Å²) in [6, 6.07) is 13.4. The van der Waals surface area contributed by atoms with Gasteiger partial charge in [0.2, 0.25) is 5.70 Å². The van der Waals surface area contributed by atoms with Crippen molar-refractivity contribution in [3.8, 4) is 0 Å². The highest BCUT2D eigenvalue weighted by Crippen LogP contribution is 2.37. The highest BCUT2D eigenvalue weighted by molar-refractivity contribution is 6.01. The van der Waals surface area contributed by atoms with Crippen LogP contribution in [0.2, 0.25) is 0 Å². The molecule has 0 bridgehead atoms. The van der Waals surface area contributed by atoms with Crippen LogP contribution in [0.25, 0.3) is 0 Å². The standard InChI is InChI=1S/C24H20FN4O/c1-24(30,19-6-3-7-20(25)14-19)18-10-8-17(9-11-18)23-28-22(16-4-2-5-16)21-15-27-12-13-29(21,23)26/h2-15,30H,26H2,1H3/q+1. The number of amidine groups is 1. The summed E-state index contributed by atoms with van der Waals surface area (Å²) >= 11 is 0. The van der Waals surface area contributed by atoms with E-state index in [0.29, 0.717) is 17.0 Å². The number of hydrogen-bond donors (Lipinski definition) is 2. The Morgan fingerprint density at radius 2 is 1.87 bits per heavy atom. The Morgan fingerprint density at radius 1 is 1.10 bits per heavy atom. The third-order valence-electron chi connectivity index (χ3n) is 5.71. The fourth-order valence-corrected chi connectivity index (χ4v) is 3.84. The van der Waals surface area contributed by atoms with Crippen LogP contribution in [-0.2, 0) is 5.60 Å². The van der Waals surface area contributed by atoms with Crippen molar-refractivity contribution in [2.75, 3.05) is 0 Å². The Balaban J connectivity index is 1.52. The molecule has 2 heterocycles. The van der Waals surface area contributed by atoms with Crippen LogP contribution in [0.3, 0.4) is 0 Å². The SMILES string of the molecule is CC(O)(c1ccc(C2=NC(C3=CC=C3)=C3C=NC=C[N+]23N)cc1)c1cccc(F)c1. The predicted octanol–water partition coefficient (Wildman–Crippen LogP) is 3.80. The Labute approximate surface area is 173 Å². The highest BCUT2D eigenvalue weighted by atomic mass is 19.1. The average Bonchev–Trinajstić information content (AvgIpc) is 3.00. The highest BCUT2D eigenvalue weighted by Gasteiger charge is 2.44. The van der Waals surface area contributed by atoms with Gasteiger partial charge in [0.15, 0.2) is 0 Å². The molecule has 3 aliphatic rings. The van der Waals surface area contributed by atoms with E-state index in [1.165, 1.54) is 12.1 Å². The zero-order valence-corrected chi connectivity index (χ0v) is 16.3. The summed E-state index contributed by atoms with van der Waals surface area (Å²) in [6.45, 7) is 1.65. The third kappa shape index (κ3) is 2.74. The fraction of sp³-hybridized carbons (Fsp3) is 0.0833. The molecule has 0 aromatic heterocycles. The first kappa shape index (κ1) is 18.6.